The number of carbonyl (C=O) groups is 3. The Hall–Kier alpha value is -2.19. The molecular formula is C20H30N2O6. The van der Waals surface area contributed by atoms with E-state index in [9.17, 15) is 19.5 Å². The van der Waals surface area contributed by atoms with Crippen molar-refractivity contribution in [3.8, 4) is 0 Å². The molecule has 2 fully saturated rings. The summed E-state index contributed by atoms with van der Waals surface area (Å²) in [7, 11) is 1.26. The van der Waals surface area contributed by atoms with Crippen LogP contribution in [0.2, 0.25) is 0 Å². The molecule has 8 nitrogen and oxygen atoms in total. The van der Waals surface area contributed by atoms with Crippen LogP contribution in [0.5, 0.6) is 0 Å². The maximum absolute atomic E-state index is 12.8. The van der Waals surface area contributed by atoms with E-state index in [-0.39, 0.29) is 31.4 Å². The first-order chi connectivity index (χ1) is 13.4. The average Bonchev–Trinajstić information content (AvgIpc) is 3.26. The average molecular weight is 394 g/mol. The summed E-state index contributed by atoms with van der Waals surface area (Å²) in [5.41, 5.74) is -1.13. The second-order valence-corrected chi connectivity index (χ2v) is 7.29. The van der Waals surface area contributed by atoms with Crippen molar-refractivity contribution in [1.29, 1.82) is 0 Å². The van der Waals surface area contributed by atoms with Crippen molar-refractivity contribution in [2.24, 2.45) is 5.92 Å². The lowest BCUT2D eigenvalue weighted by Gasteiger charge is -2.26. The number of nitrogens with one attached hydrogen (secondary N) is 1. The van der Waals surface area contributed by atoms with E-state index in [0.717, 1.165) is 19.3 Å². The molecule has 1 heterocycles. The molecule has 0 spiro atoms. The minimum atomic E-state index is -1.13. The van der Waals surface area contributed by atoms with Gasteiger partial charge in [0.1, 0.15) is 18.2 Å². The van der Waals surface area contributed by atoms with Crippen LogP contribution in [0.15, 0.2) is 25.3 Å². The summed E-state index contributed by atoms with van der Waals surface area (Å²) >= 11 is 0. The number of esters is 1. The van der Waals surface area contributed by atoms with Gasteiger partial charge >= 0.3 is 5.97 Å². The van der Waals surface area contributed by atoms with Gasteiger partial charge in [0.05, 0.1) is 13.2 Å². The van der Waals surface area contributed by atoms with Crippen molar-refractivity contribution in [3.63, 3.8) is 0 Å². The lowest BCUT2D eigenvalue weighted by atomic mass is 10.1. The van der Waals surface area contributed by atoms with E-state index in [1.165, 1.54) is 12.0 Å². The van der Waals surface area contributed by atoms with Crippen LogP contribution in [0.25, 0.3) is 0 Å². The van der Waals surface area contributed by atoms with Crippen molar-refractivity contribution in [1.82, 2.24) is 10.2 Å². The molecule has 2 amide bonds. The molecular weight excluding hydrogens is 364 g/mol. The smallest absolute Gasteiger partial charge is 0.332 e. The van der Waals surface area contributed by atoms with Crippen LogP contribution in [0, 0.1) is 5.92 Å². The maximum atomic E-state index is 12.8. The third-order valence-corrected chi connectivity index (χ3v) is 5.27. The molecule has 2 aliphatic rings. The van der Waals surface area contributed by atoms with Crippen LogP contribution < -0.4 is 5.32 Å². The number of likely N-dealkylation sites (tertiary alicyclic amines) is 1. The highest BCUT2D eigenvalue weighted by Crippen LogP contribution is 2.45. The van der Waals surface area contributed by atoms with Gasteiger partial charge in [0.2, 0.25) is 11.8 Å². The van der Waals surface area contributed by atoms with Crippen LogP contribution in [0.4, 0.5) is 0 Å². The molecule has 0 radical (unpaired) electrons. The van der Waals surface area contributed by atoms with Crippen molar-refractivity contribution in [2.45, 2.75) is 49.8 Å². The number of rotatable bonds is 11. The van der Waals surface area contributed by atoms with Gasteiger partial charge in [-0.2, -0.15) is 0 Å². The number of hydrogen-bond donors (Lipinski definition) is 2. The molecule has 2 N–H and O–H groups in total. The molecule has 1 aliphatic heterocycles. The largest absolute Gasteiger partial charge is 0.467 e. The van der Waals surface area contributed by atoms with E-state index < -0.39 is 29.6 Å². The van der Waals surface area contributed by atoms with Gasteiger partial charge in [0, 0.05) is 25.5 Å². The number of allylic oxidation sites excluding steroid dienone is 1. The first kappa shape index (κ1) is 22.1. The number of ether oxygens (including phenoxy) is 2. The third kappa shape index (κ3) is 4.99. The second-order valence-electron chi connectivity index (χ2n) is 7.29. The lowest BCUT2D eigenvalue weighted by Crippen LogP contribution is -2.53. The monoisotopic (exact) mass is 394 g/mol. The van der Waals surface area contributed by atoms with Gasteiger partial charge in [-0.15, -0.1) is 13.2 Å². The molecule has 4 unspecified atom stereocenters. The van der Waals surface area contributed by atoms with E-state index in [1.807, 2.05) is 6.08 Å². The van der Waals surface area contributed by atoms with E-state index in [1.54, 1.807) is 6.08 Å². The molecule has 2 rings (SSSR count). The minimum absolute atomic E-state index is 0.0624. The zero-order valence-corrected chi connectivity index (χ0v) is 16.4. The summed E-state index contributed by atoms with van der Waals surface area (Å²) in [4.78, 5) is 38.7. The highest BCUT2D eigenvalue weighted by atomic mass is 16.5. The van der Waals surface area contributed by atoms with Crippen molar-refractivity contribution >= 4 is 17.8 Å². The van der Waals surface area contributed by atoms with Crippen LogP contribution in [0.1, 0.15) is 32.1 Å². The number of amides is 2. The molecule has 1 saturated heterocycles. The second kappa shape index (κ2) is 9.84. The summed E-state index contributed by atoms with van der Waals surface area (Å²) in [5.74, 6) is -1.59. The molecule has 4 atom stereocenters. The first-order valence-corrected chi connectivity index (χ1v) is 9.58. The maximum Gasteiger partial charge on any atom is 0.332 e. The number of methoxy groups -OCH3 is 1. The molecule has 0 aromatic carbocycles. The van der Waals surface area contributed by atoms with Gasteiger partial charge in [-0.25, -0.2) is 4.79 Å². The summed E-state index contributed by atoms with van der Waals surface area (Å²) < 4.78 is 10.2. The number of aliphatic hydroxyl groups is 1. The van der Waals surface area contributed by atoms with E-state index in [4.69, 9.17) is 9.47 Å². The fourth-order valence-corrected chi connectivity index (χ4v) is 3.56. The zero-order valence-electron chi connectivity index (χ0n) is 16.4. The van der Waals surface area contributed by atoms with Crippen LogP contribution in [-0.4, -0.2) is 72.3 Å². The molecule has 28 heavy (non-hydrogen) atoms. The molecule has 1 aliphatic carbocycles. The van der Waals surface area contributed by atoms with Gasteiger partial charge in [0.15, 0.2) is 0 Å². The van der Waals surface area contributed by atoms with Gasteiger partial charge < -0.3 is 24.8 Å². The fraction of sp³-hybridized carbons (Fsp3) is 0.650. The van der Waals surface area contributed by atoms with E-state index in [0.29, 0.717) is 13.0 Å². The Labute approximate surface area is 165 Å². The number of β-amino-alcohol motifs (C(OH)–C–C–N with tert-alkyl or cyclic N) is 1. The topological polar surface area (TPSA) is 105 Å². The zero-order chi connectivity index (χ0) is 20.7. The van der Waals surface area contributed by atoms with Gasteiger partial charge in [-0.1, -0.05) is 12.2 Å². The summed E-state index contributed by atoms with van der Waals surface area (Å²) in [6.45, 7) is 7.67. The number of aliphatic hydroxyl groups excluding tert-OH is 1. The Morgan fingerprint density at radius 2 is 2.07 bits per heavy atom. The highest BCUT2D eigenvalue weighted by molar-refractivity contribution is 5.95. The highest BCUT2D eigenvalue weighted by Gasteiger charge is 2.61. The summed E-state index contributed by atoms with van der Waals surface area (Å²) in [6, 6.07) is -0.848. The minimum Gasteiger partial charge on any atom is -0.467 e. The van der Waals surface area contributed by atoms with Crippen LogP contribution >= 0.6 is 0 Å². The Morgan fingerprint density at radius 3 is 2.68 bits per heavy atom. The predicted molar refractivity (Wildman–Crippen MR) is 102 cm³/mol. The SMILES string of the molecule is C=CCCCCOCC(=O)N1CC(O)CC1C(=O)NC1(C(=O)OC)CC1C=C. The van der Waals surface area contributed by atoms with Crippen molar-refractivity contribution in [2.75, 3.05) is 26.9 Å². The Morgan fingerprint density at radius 1 is 1.32 bits per heavy atom. The number of nitrogens with zero attached hydrogens (tertiary/aromatic N) is 1. The molecule has 156 valence electrons. The Balaban J connectivity index is 1.92. The lowest BCUT2D eigenvalue weighted by molar-refractivity contribution is -0.148. The fourth-order valence-electron chi connectivity index (χ4n) is 3.56. The molecule has 8 heteroatoms. The first-order valence-electron chi connectivity index (χ1n) is 9.58. The number of carbonyl (C=O) groups excluding carboxylic acids is 3. The van der Waals surface area contributed by atoms with E-state index >= 15 is 0 Å². The standard InChI is InChI=1S/C20H30N2O6/c1-4-6-7-8-9-28-13-17(24)22-12-15(23)10-16(22)18(25)21-20(19(26)27-3)11-14(20)5-2/h4-5,14-16,23H,1-2,6-13H2,3H3,(H,21,25). The molecule has 0 aromatic heterocycles. The normalized spacial score (nSPS) is 28.5. The number of hydrogen-bond acceptors (Lipinski definition) is 6. The van der Waals surface area contributed by atoms with Crippen molar-refractivity contribution in [3.05, 3.63) is 25.3 Å². The Bertz CT molecular complexity index is 622. The van der Waals surface area contributed by atoms with Crippen LogP contribution in [0.3, 0.4) is 0 Å². The van der Waals surface area contributed by atoms with Crippen molar-refractivity contribution < 1.29 is 29.0 Å². The summed E-state index contributed by atoms with van der Waals surface area (Å²) in [6.07, 6.45) is 5.81. The summed E-state index contributed by atoms with van der Waals surface area (Å²) in [5, 5.41) is 12.7. The molecule has 0 aromatic rings. The number of unbranched alkanes of at least 4 members (excludes halogenated alkanes) is 2. The quantitative estimate of drug-likeness (QED) is 0.301. The van der Waals surface area contributed by atoms with Gasteiger partial charge in [-0.05, 0) is 25.7 Å². The van der Waals surface area contributed by atoms with E-state index in [2.05, 4.69) is 18.5 Å². The predicted octanol–water partition coefficient (Wildman–Crippen LogP) is 0.555. The van der Waals surface area contributed by atoms with Gasteiger partial charge in [0.25, 0.3) is 0 Å². The molecule has 1 saturated carbocycles. The Kier molecular flexibility index (Phi) is 7.77. The van der Waals surface area contributed by atoms with Crippen LogP contribution in [-0.2, 0) is 23.9 Å². The molecule has 0 bridgehead atoms. The third-order valence-electron chi connectivity index (χ3n) is 5.27. The van der Waals surface area contributed by atoms with Gasteiger partial charge in [-0.3, -0.25) is 9.59 Å².